The highest BCUT2D eigenvalue weighted by molar-refractivity contribution is 4.83. The number of rotatable bonds is 8. The van der Waals surface area contributed by atoms with E-state index >= 15 is 0 Å². The van der Waals surface area contributed by atoms with Gasteiger partial charge in [-0.05, 0) is 18.8 Å². The maximum atomic E-state index is 12.2. The van der Waals surface area contributed by atoms with Crippen LogP contribution >= 0.6 is 0 Å². The second kappa shape index (κ2) is 8.77. The largest absolute Gasteiger partial charge is 0.329 e. The summed E-state index contributed by atoms with van der Waals surface area (Å²) in [6.07, 6.45) is 2.38. The summed E-state index contributed by atoms with van der Waals surface area (Å²) in [5.41, 5.74) is 5.59. The molecule has 18 heavy (non-hydrogen) atoms. The molecule has 2 unspecified atom stereocenters. The number of alkyl halides is 2. The Morgan fingerprint density at radius 1 is 1.39 bits per heavy atom. The highest BCUT2D eigenvalue weighted by atomic mass is 19.3. The predicted molar refractivity (Wildman–Crippen MR) is 70.9 cm³/mol. The fourth-order valence-corrected chi connectivity index (χ4v) is 2.77. The third-order valence-corrected chi connectivity index (χ3v) is 3.58. The Bertz CT molecular complexity index is 214. The summed E-state index contributed by atoms with van der Waals surface area (Å²) in [5.74, 6) is 0.625. The molecule has 2 atom stereocenters. The van der Waals surface area contributed by atoms with Gasteiger partial charge in [0.15, 0.2) is 0 Å². The zero-order valence-electron chi connectivity index (χ0n) is 11.4. The summed E-state index contributed by atoms with van der Waals surface area (Å²) in [7, 11) is 0. The quantitative estimate of drug-likeness (QED) is 0.700. The van der Waals surface area contributed by atoms with Crippen LogP contribution in [0.1, 0.15) is 32.6 Å². The number of likely N-dealkylation sites (tertiary alicyclic amines) is 1. The van der Waals surface area contributed by atoms with Crippen molar-refractivity contribution in [1.82, 2.24) is 10.2 Å². The number of hydrogen-bond acceptors (Lipinski definition) is 3. The van der Waals surface area contributed by atoms with E-state index in [2.05, 4.69) is 17.1 Å². The monoisotopic (exact) mass is 263 g/mol. The van der Waals surface area contributed by atoms with Crippen LogP contribution in [-0.4, -0.2) is 50.1 Å². The summed E-state index contributed by atoms with van der Waals surface area (Å²) in [4.78, 5) is 2.31. The van der Waals surface area contributed by atoms with Crippen molar-refractivity contribution in [2.75, 3.05) is 32.7 Å². The summed E-state index contributed by atoms with van der Waals surface area (Å²) < 4.78 is 24.5. The second-order valence-corrected chi connectivity index (χ2v) is 5.29. The number of nitrogens with two attached hydrogens (primary N) is 1. The van der Waals surface area contributed by atoms with Crippen LogP contribution < -0.4 is 11.1 Å². The first kappa shape index (κ1) is 15.8. The van der Waals surface area contributed by atoms with E-state index in [9.17, 15) is 8.78 Å². The van der Waals surface area contributed by atoms with E-state index < -0.39 is 6.43 Å². The minimum Gasteiger partial charge on any atom is -0.329 e. The lowest BCUT2D eigenvalue weighted by Gasteiger charge is -2.38. The molecule has 1 rings (SSSR count). The molecular weight excluding hydrogens is 236 g/mol. The van der Waals surface area contributed by atoms with Crippen molar-refractivity contribution < 1.29 is 8.78 Å². The fraction of sp³-hybridized carbons (Fsp3) is 1.00. The third-order valence-electron chi connectivity index (χ3n) is 3.58. The Hall–Kier alpha value is -0.260. The summed E-state index contributed by atoms with van der Waals surface area (Å²) in [6, 6.07) is 0.196. The second-order valence-electron chi connectivity index (χ2n) is 5.29. The first-order valence-electron chi connectivity index (χ1n) is 7.09. The Labute approximate surface area is 109 Å². The third kappa shape index (κ3) is 6.07. The van der Waals surface area contributed by atoms with Crippen LogP contribution in [-0.2, 0) is 0 Å². The van der Waals surface area contributed by atoms with Gasteiger partial charge in [-0.1, -0.05) is 19.8 Å². The SMILES string of the molecule is CCCCC1CC(NCC(F)F)CN(CCN)C1. The predicted octanol–water partition coefficient (Wildman–Crippen LogP) is 1.68. The van der Waals surface area contributed by atoms with Crippen molar-refractivity contribution in [2.24, 2.45) is 11.7 Å². The van der Waals surface area contributed by atoms with Gasteiger partial charge < -0.3 is 16.0 Å². The van der Waals surface area contributed by atoms with E-state index in [1.807, 2.05) is 0 Å². The van der Waals surface area contributed by atoms with Gasteiger partial charge >= 0.3 is 0 Å². The first-order valence-corrected chi connectivity index (χ1v) is 7.09. The lowest BCUT2D eigenvalue weighted by Crippen LogP contribution is -2.51. The van der Waals surface area contributed by atoms with E-state index in [0.29, 0.717) is 12.5 Å². The summed E-state index contributed by atoms with van der Waals surface area (Å²) in [6.45, 7) is 5.43. The topological polar surface area (TPSA) is 41.3 Å². The molecule has 0 aromatic rings. The van der Waals surface area contributed by atoms with E-state index in [4.69, 9.17) is 5.73 Å². The molecule has 3 N–H and O–H groups in total. The standard InChI is InChI=1S/C13H27F2N3/c1-2-3-4-11-7-12(17-8-13(14)15)10-18(9-11)6-5-16/h11-13,17H,2-10,16H2,1H3. The average molecular weight is 263 g/mol. The van der Waals surface area contributed by atoms with Crippen LogP contribution in [0.4, 0.5) is 8.78 Å². The van der Waals surface area contributed by atoms with Gasteiger partial charge in [-0.25, -0.2) is 8.78 Å². The number of nitrogens with zero attached hydrogens (tertiary/aromatic N) is 1. The van der Waals surface area contributed by atoms with E-state index in [1.54, 1.807) is 0 Å². The van der Waals surface area contributed by atoms with Crippen molar-refractivity contribution in [3.8, 4) is 0 Å². The van der Waals surface area contributed by atoms with E-state index in [0.717, 1.165) is 26.1 Å². The fourth-order valence-electron chi connectivity index (χ4n) is 2.77. The molecule has 0 saturated carbocycles. The van der Waals surface area contributed by atoms with Crippen LogP contribution in [0.5, 0.6) is 0 Å². The van der Waals surface area contributed by atoms with Crippen molar-refractivity contribution >= 4 is 0 Å². The van der Waals surface area contributed by atoms with E-state index in [1.165, 1.54) is 19.3 Å². The minimum atomic E-state index is -2.26. The normalized spacial score (nSPS) is 25.8. The van der Waals surface area contributed by atoms with Gasteiger partial charge in [0.1, 0.15) is 0 Å². The summed E-state index contributed by atoms with van der Waals surface area (Å²) in [5, 5.41) is 2.98. The number of hydrogen-bond donors (Lipinski definition) is 2. The molecule has 1 heterocycles. The molecule has 1 aliphatic rings. The van der Waals surface area contributed by atoms with Crippen LogP contribution in [0.3, 0.4) is 0 Å². The number of nitrogens with one attached hydrogen (secondary N) is 1. The zero-order chi connectivity index (χ0) is 13.4. The molecule has 0 aromatic heterocycles. The Balaban J connectivity index is 2.40. The van der Waals surface area contributed by atoms with Gasteiger partial charge in [0.2, 0.25) is 0 Å². The molecule has 1 saturated heterocycles. The molecule has 0 radical (unpaired) electrons. The molecule has 3 nitrogen and oxygen atoms in total. The molecule has 1 aliphatic heterocycles. The number of unbranched alkanes of at least 4 members (excludes halogenated alkanes) is 1. The minimum absolute atomic E-state index is 0.193. The molecule has 108 valence electrons. The lowest BCUT2D eigenvalue weighted by atomic mass is 9.90. The smallest absolute Gasteiger partial charge is 0.250 e. The van der Waals surface area contributed by atoms with Crippen molar-refractivity contribution in [1.29, 1.82) is 0 Å². The van der Waals surface area contributed by atoms with Gasteiger partial charge in [0.25, 0.3) is 6.43 Å². The maximum absolute atomic E-state index is 12.2. The van der Waals surface area contributed by atoms with Gasteiger partial charge in [-0.15, -0.1) is 0 Å². The molecule has 0 aromatic carbocycles. The van der Waals surface area contributed by atoms with Crippen LogP contribution in [0, 0.1) is 5.92 Å². The summed E-state index contributed by atoms with van der Waals surface area (Å²) >= 11 is 0. The van der Waals surface area contributed by atoms with E-state index in [-0.39, 0.29) is 12.6 Å². The van der Waals surface area contributed by atoms with Gasteiger partial charge in [-0.2, -0.15) is 0 Å². The molecule has 1 fully saturated rings. The van der Waals surface area contributed by atoms with Crippen LogP contribution in [0.15, 0.2) is 0 Å². The lowest BCUT2D eigenvalue weighted by molar-refractivity contribution is 0.107. The highest BCUT2D eigenvalue weighted by Gasteiger charge is 2.26. The van der Waals surface area contributed by atoms with Crippen LogP contribution in [0.25, 0.3) is 0 Å². The zero-order valence-corrected chi connectivity index (χ0v) is 11.4. The molecular formula is C13H27F2N3. The van der Waals surface area contributed by atoms with Crippen molar-refractivity contribution in [3.05, 3.63) is 0 Å². The maximum Gasteiger partial charge on any atom is 0.250 e. The molecule has 0 spiro atoms. The van der Waals surface area contributed by atoms with Gasteiger partial charge in [-0.3, -0.25) is 0 Å². The Morgan fingerprint density at radius 2 is 2.17 bits per heavy atom. The molecule has 0 bridgehead atoms. The van der Waals surface area contributed by atoms with Gasteiger partial charge in [0, 0.05) is 32.2 Å². The van der Waals surface area contributed by atoms with Gasteiger partial charge in [0.05, 0.1) is 6.54 Å². The molecule has 0 amide bonds. The first-order chi connectivity index (χ1) is 8.65. The molecule has 5 heteroatoms. The molecule has 0 aliphatic carbocycles. The highest BCUT2D eigenvalue weighted by Crippen LogP contribution is 2.22. The Kier molecular flexibility index (Phi) is 7.70. The van der Waals surface area contributed by atoms with Crippen LogP contribution in [0.2, 0.25) is 0 Å². The van der Waals surface area contributed by atoms with Crippen molar-refractivity contribution in [2.45, 2.75) is 45.1 Å². The average Bonchev–Trinajstić information content (AvgIpc) is 2.34. The Morgan fingerprint density at radius 3 is 2.78 bits per heavy atom. The number of piperidine rings is 1. The number of halogens is 2. The van der Waals surface area contributed by atoms with Crippen molar-refractivity contribution in [3.63, 3.8) is 0 Å².